The Hall–Kier alpha value is -2.60. The molecule has 0 bridgehead atoms. The molecule has 1 aromatic carbocycles. The van der Waals surface area contributed by atoms with Gasteiger partial charge in [-0.3, -0.25) is 4.79 Å². The third-order valence-electron chi connectivity index (χ3n) is 2.95. The number of nitrogens with zero attached hydrogens (tertiary/aromatic N) is 3. The smallest absolute Gasteiger partial charge is 0.277 e. The van der Waals surface area contributed by atoms with Crippen molar-refractivity contribution in [2.24, 2.45) is 0 Å². The number of rotatable bonds is 2. The van der Waals surface area contributed by atoms with E-state index in [1.165, 1.54) is 10.6 Å². The summed E-state index contributed by atoms with van der Waals surface area (Å²) in [5, 5.41) is 16.6. The quantitative estimate of drug-likeness (QED) is 0.713. The van der Waals surface area contributed by atoms with Gasteiger partial charge < -0.3 is 10.4 Å². The molecule has 0 radical (unpaired) electrons. The molecule has 2 N–H and O–H groups in total. The highest BCUT2D eigenvalue weighted by Crippen LogP contribution is 2.26. The molecule has 0 aliphatic rings. The van der Waals surface area contributed by atoms with Gasteiger partial charge in [-0.15, -0.1) is 0 Å². The lowest BCUT2D eigenvalue weighted by molar-refractivity contribution is 0.102. The molecule has 0 aliphatic carbocycles. The zero-order valence-electron chi connectivity index (χ0n) is 11.0. The van der Waals surface area contributed by atoms with E-state index in [4.69, 9.17) is 11.6 Å². The van der Waals surface area contributed by atoms with Gasteiger partial charge in [0.2, 0.25) is 0 Å². The monoisotopic (exact) mass is 302 g/mol. The summed E-state index contributed by atoms with van der Waals surface area (Å²) in [5.74, 6) is -0.529. The van der Waals surface area contributed by atoms with Crippen molar-refractivity contribution in [3.8, 4) is 5.75 Å². The van der Waals surface area contributed by atoms with Gasteiger partial charge in [0.1, 0.15) is 10.8 Å². The van der Waals surface area contributed by atoms with E-state index in [0.29, 0.717) is 11.3 Å². The van der Waals surface area contributed by atoms with Crippen molar-refractivity contribution in [2.45, 2.75) is 6.92 Å². The molecule has 2 aromatic heterocycles. The lowest BCUT2D eigenvalue weighted by Gasteiger charge is -2.06. The maximum absolute atomic E-state index is 12.3. The molecule has 0 atom stereocenters. The van der Waals surface area contributed by atoms with E-state index in [-0.39, 0.29) is 16.5 Å². The van der Waals surface area contributed by atoms with Crippen molar-refractivity contribution in [3.05, 3.63) is 52.9 Å². The predicted octanol–water partition coefficient (Wildman–Crippen LogP) is 2.65. The first-order valence-electron chi connectivity index (χ1n) is 6.16. The Morgan fingerprint density at radius 2 is 2.24 bits per heavy atom. The minimum Gasteiger partial charge on any atom is -0.506 e. The van der Waals surface area contributed by atoms with Gasteiger partial charge in [0.15, 0.2) is 11.3 Å². The van der Waals surface area contributed by atoms with Crippen LogP contribution in [-0.2, 0) is 0 Å². The molecule has 7 heteroatoms. The zero-order chi connectivity index (χ0) is 15.0. The number of aromatic nitrogens is 3. The lowest BCUT2D eigenvalue weighted by atomic mass is 10.2. The number of anilines is 1. The number of phenols is 1. The van der Waals surface area contributed by atoms with Gasteiger partial charge in [0, 0.05) is 12.4 Å². The van der Waals surface area contributed by atoms with Crippen LogP contribution < -0.4 is 5.32 Å². The number of hydrogen-bond acceptors (Lipinski definition) is 4. The maximum Gasteiger partial charge on any atom is 0.277 e. The molecule has 1 amide bonds. The topological polar surface area (TPSA) is 79.5 Å². The Balaban J connectivity index is 1.97. The molecule has 0 fully saturated rings. The van der Waals surface area contributed by atoms with Crippen LogP contribution in [-0.4, -0.2) is 25.6 Å². The fourth-order valence-electron chi connectivity index (χ4n) is 1.94. The first kappa shape index (κ1) is 13.4. The summed E-state index contributed by atoms with van der Waals surface area (Å²) in [5.41, 5.74) is 1.67. The summed E-state index contributed by atoms with van der Waals surface area (Å²) < 4.78 is 1.42. The number of carbonyl (C=O) groups is 1. The van der Waals surface area contributed by atoms with E-state index >= 15 is 0 Å². The van der Waals surface area contributed by atoms with Crippen LogP contribution in [0.15, 0.2) is 36.7 Å². The molecular formula is C14H11ClN4O2. The Morgan fingerprint density at radius 1 is 1.43 bits per heavy atom. The summed E-state index contributed by atoms with van der Waals surface area (Å²) >= 11 is 6.12. The first-order chi connectivity index (χ1) is 10.1. The summed E-state index contributed by atoms with van der Waals surface area (Å²) in [7, 11) is 0. The van der Waals surface area contributed by atoms with Crippen molar-refractivity contribution >= 4 is 28.8 Å². The fraction of sp³-hybridized carbons (Fsp3) is 0.0714. The summed E-state index contributed by atoms with van der Waals surface area (Å²) in [6.45, 7) is 1.86. The molecule has 21 heavy (non-hydrogen) atoms. The highest BCUT2D eigenvalue weighted by Gasteiger charge is 2.19. The summed E-state index contributed by atoms with van der Waals surface area (Å²) in [6, 6.07) is 6.60. The Kier molecular flexibility index (Phi) is 3.23. The molecule has 0 unspecified atom stereocenters. The predicted molar refractivity (Wildman–Crippen MR) is 78.8 cm³/mol. The van der Waals surface area contributed by atoms with Crippen molar-refractivity contribution in [2.75, 3.05) is 5.32 Å². The van der Waals surface area contributed by atoms with Crippen molar-refractivity contribution in [1.82, 2.24) is 14.6 Å². The number of halogens is 1. The molecule has 2 heterocycles. The van der Waals surface area contributed by atoms with Crippen LogP contribution in [0.2, 0.25) is 5.02 Å². The number of carbonyl (C=O) groups excluding carboxylic acids is 1. The molecule has 0 saturated carbocycles. The van der Waals surface area contributed by atoms with Gasteiger partial charge in [0.25, 0.3) is 5.91 Å². The number of aryl methyl sites for hydroxylation is 1. The van der Waals surface area contributed by atoms with Crippen LogP contribution in [0, 0.1) is 6.92 Å². The van der Waals surface area contributed by atoms with E-state index < -0.39 is 5.91 Å². The lowest BCUT2D eigenvalue weighted by Crippen LogP contribution is -2.13. The fourth-order valence-corrected chi connectivity index (χ4v) is 2.19. The highest BCUT2D eigenvalue weighted by atomic mass is 35.5. The number of phenolic OH excluding ortho intramolecular Hbond substituents is 1. The number of fused-ring (bicyclic) bond motifs is 1. The van der Waals surface area contributed by atoms with Gasteiger partial charge in [0.05, 0.1) is 5.69 Å². The van der Waals surface area contributed by atoms with Crippen molar-refractivity contribution < 1.29 is 9.90 Å². The second-order valence-electron chi connectivity index (χ2n) is 4.53. The second kappa shape index (κ2) is 5.06. The van der Waals surface area contributed by atoms with Crippen molar-refractivity contribution in [3.63, 3.8) is 0 Å². The number of hydrogen-bond donors (Lipinski definition) is 2. The molecule has 0 aliphatic heterocycles. The second-order valence-corrected chi connectivity index (χ2v) is 4.90. The molecule has 3 aromatic rings. The molecule has 0 saturated heterocycles. The average molecular weight is 303 g/mol. The molecule has 106 valence electrons. The van der Waals surface area contributed by atoms with Crippen LogP contribution in [0.5, 0.6) is 5.75 Å². The van der Waals surface area contributed by atoms with Gasteiger partial charge in [-0.25, -0.2) is 9.50 Å². The van der Waals surface area contributed by atoms with E-state index in [2.05, 4.69) is 15.4 Å². The van der Waals surface area contributed by atoms with Crippen LogP contribution in [0.3, 0.4) is 0 Å². The summed E-state index contributed by atoms with van der Waals surface area (Å²) in [6.07, 6.45) is 3.21. The van der Waals surface area contributed by atoms with E-state index in [9.17, 15) is 9.90 Å². The van der Waals surface area contributed by atoms with Crippen LogP contribution in [0.1, 0.15) is 16.1 Å². The highest BCUT2D eigenvalue weighted by molar-refractivity contribution is 6.37. The number of nitrogens with one attached hydrogen (secondary N) is 1. The number of amides is 1. The number of benzene rings is 1. The number of aromatic hydroxyl groups is 1. The zero-order valence-corrected chi connectivity index (χ0v) is 11.8. The van der Waals surface area contributed by atoms with Crippen LogP contribution in [0.4, 0.5) is 5.69 Å². The van der Waals surface area contributed by atoms with Crippen molar-refractivity contribution in [1.29, 1.82) is 0 Å². The molecule has 3 rings (SSSR count). The van der Waals surface area contributed by atoms with Crippen LogP contribution in [0.25, 0.3) is 5.65 Å². The minimum atomic E-state index is -0.508. The van der Waals surface area contributed by atoms with E-state index in [1.54, 1.807) is 30.6 Å². The molecule has 6 nitrogen and oxygen atoms in total. The third kappa shape index (κ3) is 2.41. The Morgan fingerprint density at radius 3 is 3.00 bits per heavy atom. The molecular weight excluding hydrogens is 292 g/mol. The van der Waals surface area contributed by atoms with Crippen LogP contribution >= 0.6 is 11.6 Å². The standard InChI is InChI=1S/C14H11ClN4O2/c1-8-3-4-10(20)9(7-8)17-14(21)12-11(15)13-16-5-2-6-19(13)18-12/h2-7,20H,1H3,(H,17,21). The van der Waals surface area contributed by atoms with E-state index in [0.717, 1.165) is 5.56 Å². The normalized spacial score (nSPS) is 10.8. The van der Waals surface area contributed by atoms with Gasteiger partial charge >= 0.3 is 0 Å². The average Bonchev–Trinajstić information content (AvgIpc) is 2.81. The van der Waals surface area contributed by atoms with Gasteiger partial charge in [-0.05, 0) is 30.7 Å². The third-order valence-corrected chi connectivity index (χ3v) is 3.30. The summed E-state index contributed by atoms with van der Waals surface area (Å²) in [4.78, 5) is 16.3. The SMILES string of the molecule is Cc1ccc(O)c(NC(=O)c2nn3cccnc3c2Cl)c1. The first-order valence-corrected chi connectivity index (χ1v) is 6.54. The van der Waals surface area contributed by atoms with E-state index in [1.807, 2.05) is 6.92 Å². The Labute approximate surface area is 125 Å². The Bertz CT molecular complexity index is 844. The molecule has 0 spiro atoms. The van der Waals surface area contributed by atoms with Gasteiger partial charge in [-0.2, -0.15) is 5.10 Å². The largest absolute Gasteiger partial charge is 0.506 e. The maximum atomic E-state index is 12.3. The van der Waals surface area contributed by atoms with Gasteiger partial charge in [-0.1, -0.05) is 17.7 Å². The minimum absolute atomic E-state index is 0.0213.